The van der Waals surface area contributed by atoms with E-state index in [4.69, 9.17) is 5.11 Å². The van der Waals surface area contributed by atoms with Crippen LogP contribution in [0.15, 0.2) is 11.6 Å². The van der Waals surface area contributed by atoms with E-state index in [1.165, 1.54) is 0 Å². The van der Waals surface area contributed by atoms with Crippen molar-refractivity contribution in [3.05, 3.63) is 11.6 Å². The first-order valence-corrected chi connectivity index (χ1v) is 5.85. The van der Waals surface area contributed by atoms with Crippen LogP contribution in [0.5, 0.6) is 0 Å². The third kappa shape index (κ3) is 4.46. The number of carboxylic acids is 1. The molecule has 1 fully saturated rings. The minimum Gasteiger partial charge on any atom is -0.481 e. The second-order valence-electron chi connectivity index (χ2n) is 4.82. The Bertz CT molecular complexity index is 329. The highest BCUT2D eigenvalue weighted by Gasteiger charge is 2.40. The highest BCUT2D eigenvalue weighted by molar-refractivity contribution is 5.77. The molecule has 0 aromatic heterocycles. The van der Waals surface area contributed by atoms with Crippen molar-refractivity contribution >= 4 is 12.0 Å². The number of urea groups is 1. The van der Waals surface area contributed by atoms with Crippen LogP contribution in [0.1, 0.15) is 39.5 Å². The summed E-state index contributed by atoms with van der Waals surface area (Å²) in [5.41, 5.74) is 0.607. The number of hydrogen-bond donors (Lipinski definition) is 3. The molecule has 1 aliphatic rings. The molecule has 0 heterocycles. The summed E-state index contributed by atoms with van der Waals surface area (Å²) in [5.74, 6) is -0.866. The molecule has 0 radical (unpaired) electrons. The largest absolute Gasteiger partial charge is 0.481 e. The molecule has 2 amide bonds. The van der Waals surface area contributed by atoms with E-state index in [0.29, 0.717) is 6.54 Å². The number of carbonyl (C=O) groups is 2. The van der Waals surface area contributed by atoms with Gasteiger partial charge in [0, 0.05) is 6.54 Å². The van der Waals surface area contributed by atoms with Crippen LogP contribution in [0.2, 0.25) is 0 Å². The Labute approximate surface area is 101 Å². The van der Waals surface area contributed by atoms with Crippen LogP contribution in [0.3, 0.4) is 0 Å². The molecule has 1 aliphatic carbocycles. The second kappa shape index (κ2) is 5.70. The standard InChI is InChI=1S/C12H20N2O3/c1-9(2)4-7-13-11(17)14-12(5-3-6-12)8-10(15)16/h4H,3,5-8H2,1-2H3,(H,15,16)(H2,13,14,17). The van der Waals surface area contributed by atoms with Crippen molar-refractivity contribution in [2.75, 3.05) is 6.54 Å². The predicted octanol–water partition coefficient (Wildman–Crippen LogP) is 1.65. The highest BCUT2D eigenvalue weighted by atomic mass is 16.4. The average molecular weight is 240 g/mol. The third-order valence-corrected chi connectivity index (χ3v) is 2.95. The van der Waals surface area contributed by atoms with Crippen LogP contribution in [0.4, 0.5) is 4.79 Å². The maximum Gasteiger partial charge on any atom is 0.315 e. The number of hydrogen-bond acceptors (Lipinski definition) is 2. The molecule has 0 aliphatic heterocycles. The summed E-state index contributed by atoms with van der Waals surface area (Å²) in [5, 5.41) is 14.3. The third-order valence-electron chi connectivity index (χ3n) is 2.95. The van der Waals surface area contributed by atoms with Crippen molar-refractivity contribution in [2.45, 2.75) is 45.1 Å². The maximum atomic E-state index is 11.6. The molecule has 0 aromatic carbocycles. The van der Waals surface area contributed by atoms with Crippen molar-refractivity contribution in [3.8, 4) is 0 Å². The van der Waals surface area contributed by atoms with Gasteiger partial charge in [0.25, 0.3) is 0 Å². The van der Waals surface area contributed by atoms with Crippen molar-refractivity contribution in [2.24, 2.45) is 0 Å². The molecular weight excluding hydrogens is 220 g/mol. The van der Waals surface area contributed by atoms with Crippen molar-refractivity contribution < 1.29 is 14.7 Å². The smallest absolute Gasteiger partial charge is 0.315 e. The lowest BCUT2D eigenvalue weighted by Crippen LogP contribution is -2.57. The topological polar surface area (TPSA) is 78.4 Å². The molecule has 1 saturated carbocycles. The molecule has 0 unspecified atom stereocenters. The van der Waals surface area contributed by atoms with Crippen molar-refractivity contribution in [1.29, 1.82) is 0 Å². The first-order chi connectivity index (χ1) is 7.93. The van der Waals surface area contributed by atoms with E-state index in [1.807, 2.05) is 19.9 Å². The molecule has 0 bridgehead atoms. The summed E-state index contributed by atoms with van der Waals surface area (Å²) < 4.78 is 0. The van der Waals surface area contributed by atoms with Gasteiger partial charge in [-0.15, -0.1) is 0 Å². The Morgan fingerprint density at radius 3 is 2.41 bits per heavy atom. The molecule has 17 heavy (non-hydrogen) atoms. The second-order valence-corrected chi connectivity index (χ2v) is 4.82. The lowest BCUT2D eigenvalue weighted by Gasteiger charge is -2.41. The van der Waals surface area contributed by atoms with Gasteiger partial charge in [0.15, 0.2) is 0 Å². The molecule has 3 N–H and O–H groups in total. The van der Waals surface area contributed by atoms with Crippen molar-refractivity contribution in [3.63, 3.8) is 0 Å². The van der Waals surface area contributed by atoms with E-state index in [2.05, 4.69) is 10.6 Å². The van der Waals surface area contributed by atoms with Gasteiger partial charge in [0.2, 0.25) is 0 Å². The zero-order valence-corrected chi connectivity index (χ0v) is 10.4. The monoisotopic (exact) mass is 240 g/mol. The minimum atomic E-state index is -0.866. The summed E-state index contributed by atoms with van der Waals surface area (Å²) >= 11 is 0. The van der Waals surface area contributed by atoms with Crippen LogP contribution in [0, 0.1) is 0 Å². The Morgan fingerprint density at radius 2 is 2.00 bits per heavy atom. The van der Waals surface area contributed by atoms with Gasteiger partial charge >= 0.3 is 12.0 Å². The molecule has 96 valence electrons. The molecule has 0 spiro atoms. The molecule has 0 aromatic rings. The van der Waals surface area contributed by atoms with Crippen LogP contribution in [-0.4, -0.2) is 29.2 Å². The van der Waals surface area contributed by atoms with Crippen LogP contribution < -0.4 is 10.6 Å². The molecule has 0 atom stereocenters. The number of carboxylic acid groups (broad SMARTS) is 1. The number of amides is 2. The van der Waals surface area contributed by atoms with Gasteiger partial charge in [0.1, 0.15) is 0 Å². The van der Waals surface area contributed by atoms with E-state index in [-0.39, 0.29) is 12.5 Å². The number of aliphatic carboxylic acids is 1. The zero-order chi connectivity index (χ0) is 12.9. The normalized spacial score (nSPS) is 16.6. The predicted molar refractivity (Wildman–Crippen MR) is 64.8 cm³/mol. The Balaban J connectivity index is 2.38. The lowest BCUT2D eigenvalue weighted by molar-refractivity contribution is -0.139. The maximum absolute atomic E-state index is 11.6. The zero-order valence-electron chi connectivity index (χ0n) is 10.4. The van der Waals surface area contributed by atoms with Gasteiger partial charge < -0.3 is 15.7 Å². The first-order valence-electron chi connectivity index (χ1n) is 5.85. The quantitative estimate of drug-likeness (QED) is 0.639. The number of allylic oxidation sites excluding steroid dienone is 1. The van der Waals surface area contributed by atoms with Gasteiger partial charge in [-0.25, -0.2) is 4.79 Å². The fourth-order valence-corrected chi connectivity index (χ4v) is 1.87. The fourth-order valence-electron chi connectivity index (χ4n) is 1.87. The Morgan fingerprint density at radius 1 is 1.35 bits per heavy atom. The minimum absolute atomic E-state index is 0.00304. The van der Waals surface area contributed by atoms with Crippen molar-refractivity contribution in [1.82, 2.24) is 10.6 Å². The summed E-state index contributed by atoms with van der Waals surface area (Å²) in [6.45, 7) is 4.38. The Hall–Kier alpha value is -1.52. The highest BCUT2D eigenvalue weighted by Crippen LogP contribution is 2.34. The SMILES string of the molecule is CC(C)=CCNC(=O)NC1(CC(=O)O)CCC1. The van der Waals surface area contributed by atoms with E-state index < -0.39 is 11.5 Å². The van der Waals surface area contributed by atoms with Gasteiger partial charge in [-0.2, -0.15) is 0 Å². The average Bonchev–Trinajstić information content (AvgIpc) is 2.12. The van der Waals surface area contributed by atoms with Crippen LogP contribution >= 0.6 is 0 Å². The lowest BCUT2D eigenvalue weighted by atomic mass is 9.74. The number of nitrogens with one attached hydrogen (secondary N) is 2. The Kier molecular flexibility index (Phi) is 4.54. The molecule has 5 heteroatoms. The number of carbonyl (C=O) groups excluding carboxylic acids is 1. The van der Waals surface area contributed by atoms with Gasteiger partial charge in [-0.05, 0) is 33.1 Å². The molecular formula is C12H20N2O3. The summed E-state index contributed by atoms with van der Waals surface area (Å²) in [6, 6.07) is -0.288. The van der Waals surface area contributed by atoms with E-state index in [0.717, 1.165) is 24.8 Å². The van der Waals surface area contributed by atoms with Crippen LogP contribution in [-0.2, 0) is 4.79 Å². The molecule has 5 nitrogen and oxygen atoms in total. The van der Waals surface area contributed by atoms with E-state index in [1.54, 1.807) is 0 Å². The van der Waals surface area contributed by atoms with E-state index in [9.17, 15) is 9.59 Å². The van der Waals surface area contributed by atoms with Gasteiger partial charge in [-0.3, -0.25) is 4.79 Å². The summed E-state index contributed by atoms with van der Waals surface area (Å²) in [6.07, 6.45) is 4.37. The molecule has 1 rings (SSSR count). The van der Waals surface area contributed by atoms with Crippen LogP contribution in [0.25, 0.3) is 0 Å². The van der Waals surface area contributed by atoms with Gasteiger partial charge in [0.05, 0.1) is 12.0 Å². The summed E-state index contributed by atoms with van der Waals surface area (Å²) in [7, 11) is 0. The first kappa shape index (κ1) is 13.5. The van der Waals surface area contributed by atoms with Gasteiger partial charge in [-0.1, -0.05) is 11.6 Å². The fraction of sp³-hybridized carbons (Fsp3) is 0.667. The summed E-state index contributed by atoms with van der Waals surface area (Å²) in [4.78, 5) is 22.3. The molecule has 0 saturated heterocycles. The number of rotatable bonds is 5. The van der Waals surface area contributed by atoms with E-state index >= 15 is 0 Å².